The molecule has 9 nitrogen and oxygen atoms in total. The monoisotopic (exact) mass is 435 g/mol. The van der Waals surface area contributed by atoms with Gasteiger partial charge in [-0.05, 0) is 37.3 Å². The standard InChI is InChI=1S/C23H27N7O2/c1-16-2-5-18(6-3-16)25-23-27-21(26-22(24)28-23)14-30-10-8-29(9-11-30)13-17-4-7-19-20(12-17)32-15-31-19/h2-7,12H,8-11,13-15H2,1H3,(H3,24,25,26,27,28)/p+2. The third-order valence-electron chi connectivity index (χ3n) is 5.97. The van der Waals surface area contributed by atoms with Gasteiger partial charge in [0.2, 0.25) is 18.7 Å². The first-order valence-electron chi connectivity index (χ1n) is 11.0. The van der Waals surface area contributed by atoms with Gasteiger partial charge in [-0.2, -0.15) is 15.0 Å². The Morgan fingerprint density at radius 2 is 1.59 bits per heavy atom. The Labute approximate surface area is 187 Å². The van der Waals surface area contributed by atoms with Crippen molar-refractivity contribution in [1.82, 2.24) is 15.0 Å². The first kappa shape index (κ1) is 20.5. The highest BCUT2D eigenvalue weighted by Crippen LogP contribution is 2.32. The molecule has 0 radical (unpaired) electrons. The lowest BCUT2D eigenvalue weighted by Gasteiger charge is -2.29. The Bertz CT molecular complexity index is 1080. The van der Waals surface area contributed by atoms with Gasteiger partial charge in [0.15, 0.2) is 17.3 Å². The quantitative estimate of drug-likeness (QED) is 0.422. The van der Waals surface area contributed by atoms with E-state index in [2.05, 4.69) is 39.3 Å². The fourth-order valence-electron chi connectivity index (χ4n) is 4.21. The molecule has 166 valence electrons. The molecule has 2 aromatic carbocycles. The second-order valence-electron chi connectivity index (χ2n) is 8.47. The molecule has 5 N–H and O–H groups in total. The minimum atomic E-state index is 0.246. The van der Waals surface area contributed by atoms with Crippen molar-refractivity contribution in [2.45, 2.75) is 20.0 Å². The number of aromatic nitrogens is 3. The maximum absolute atomic E-state index is 5.95. The van der Waals surface area contributed by atoms with Gasteiger partial charge in [-0.15, -0.1) is 0 Å². The molecule has 5 rings (SSSR count). The van der Waals surface area contributed by atoms with Crippen LogP contribution in [0.25, 0.3) is 0 Å². The van der Waals surface area contributed by atoms with Crippen LogP contribution >= 0.6 is 0 Å². The van der Waals surface area contributed by atoms with E-state index < -0.39 is 0 Å². The molecule has 0 bridgehead atoms. The van der Waals surface area contributed by atoms with Crippen molar-refractivity contribution in [3.63, 3.8) is 0 Å². The summed E-state index contributed by atoms with van der Waals surface area (Å²) in [6.07, 6.45) is 0. The Hall–Kier alpha value is -3.43. The first-order chi connectivity index (χ1) is 15.6. The third-order valence-corrected chi connectivity index (χ3v) is 5.97. The van der Waals surface area contributed by atoms with E-state index in [9.17, 15) is 0 Å². The maximum Gasteiger partial charge on any atom is 0.232 e. The van der Waals surface area contributed by atoms with Crippen molar-refractivity contribution in [3.8, 4) is 11.5 Å². The summed E-state index contributed by atoms with van der Waals surface area (Å²) < 4.78 is 10.9. The molecule has 0 amide bonds. The van der Waals surface area contributed by atoms with Crippen molar-refractivity contribution in [1.29, 1.82) is 0 Å². The van der Waals surface area contributed by atoms with Crippen LogP contribution in [-0.2, 0) is 13.1 Å². The highest BCUT2D eigenvalue weighted by Gasteiger charge is 2.25. The molecule has 1 aromatic heterocycles. The zero-order valence-corrected chi connectivity index (χ0v) is 18.2. The molecule has 2 aliphatic rings. The second-order valence-corrected chi connectivity index (χ2v) is 8.47. The second kappa shape index (κ2) is 8.97. The number of piperazine rings is 1. The van der Waals surface area contributed by atoms with Gasteiger partial charge in [0.25, 0.3) is 0 Å². The fraction of sp³-hybridized carbons (Fsp3) is 0.348. The Kier molecular flexibility index (Phi) is 5.74. The highest BCUT2D eigenvalue weighted by atomic mass is 16.7. The number of aryl methyl sites for hydroxylation is 1. The van der Waals surface area contributed by atoms with Crippen molar-refractivity contribution in [2.75, 3.05) is 44.0 Å². The number of anilines is 3. The van der Waals surface area contributed by atoms with Crippen molar-refractivity contribution < 1.29 is 19.3 Å². The summed E-state index contributed by atoms with van der Waals surface area (Å²) in [5.41, 5.74) is 9.37. The molecular formula is C23H29N7O2+2. The molecule has 3 heterocycles. The third kappa shape index (κ3) is 4.90. The summed E-state index contributed by atoms with van der Waals surface area (Å²) in [4.78, 5) is 16.2. The van der Waals surface area contributed by atoms with Gasteiger partial charge >= 0.3 is 0 Å². The number of quaternary nitrogens is 2. The van der Waals surface area contributed by atoms with Crippen LogP contribution in [-0.4, -0.2) is 47.9 Å². The zero-order chi connectivity index (χ0) is 21.9. The van der Waals surface area contributed by atoms with Crippen molar-refractivity contribution in [2.24, 2.45) is 0 Å². The molecule has 1 fully saturated rings. The molecule has 0 saturated carbocycles. The Balaban J connectivity index is 1.16. The number of nitrogens with zero attached hydrogens (tertiary/aromatic N) is 3. The van der Waals surface area contributed by atoms with Crippen LogP contribution in [0.4, 0.5) is 17.6 Å². The van der Waals surface area contributed by atoms with Gasteiger partial charge in [0.1, 0.15) is 39.3 Å². The van der Waals surface area contributed by atoms with E-state index in [0.717, 1.165) is 62.3 Å². The summed E-state index contributed by atoms with van der Waals surface area (Å²) >= 11 is 0. The van der Waals surface area contributed by atoms with Crippen LogP contribution in [0.1, 0.15) is 17.0 Å². The summed E-state index contributed by atoms with van der Waals surface area (Å²) in [5.74, 6) is 3.15. The molecule has 0 atom stereocenters. The molecule has 3 aromatic rings. The molecule has 0 unspecified atom stereocenters. The molecule has 0 aliphatic carbocycles. The van der Waals surface area contributed by atoms with E-state index in [4.69, 9.17) is 15.2 Å². The average Bonchev–Trinajstić information content (AvgIpc) is 3.24. The molecule has 1 saturated heterocycles. The Morgan fingerprint density at radius 3 is 2.38 bits per heavy atom. The van der Waals surface area contributed by atoms with Crippen LogP contribution < -0.4 is 30.3 Å². The van der Waals surface area contributed by atoms with Gasteiger partial charge in [-0.1, -0.05) is 17.7 Å². The van der Waals surface area contributed by atoms with Crippen molar-refractivity contribution >= 4 is 17.6 Å². The van der Waals surface area contributed by atoms with E-state index >= 15 is 0 Å². The number of fused-ring (bicyclic) bond motifs is 1. The number of benzene rings is 2. The van der Waals surface area contributed by atoms with Crippen LogP contribution in [0.5, 0.6) is 11.5 Å². The SMILES string of the molecule is Cc1ccc(Nc2nc(N)nc(C[NH+]3CC[NH+](Cc4ccc5c(c4)OCO5)CC3)n2)cc1. The number of nitrogens with one attached hydrogen (secondary N) is 3. The van der Waals surface area contributed by atoms with E-state index in [1.807, 2.05) is 30.3 Å². The summed E-state index contributed by atoms with van der Waals surface area (Å²) in [7, 11) is 0. The van der Waals surface area contributed by atoms with Gasteiger partial charge in [-0.3, -0.25) is 0 Å². The van der Waals surface area contributed by atoms with Crippen LogP contribution in [0.15, 0.2) is 42.5 Å². The lowest BCUT2D eigenvalue weighted by Crippen LogP contribution is -3.27. The smallest absolute Gasteiger partial charge is 0.232 e. The maximum atomic E-state index is 5.95. The number of nitrogens with two attached hydrogens (primary N) is 1. The zero-order valence-electron chi connectivity index (χ0n) is 18.2. The van der Waals surface area contributed by atoms with Crippen molar-refractivity contribution in [3.05, 3.63) is 59.4 Å². The number of hydrogen-bond acceptors (Lipinski definition) is 7. The lowest BCUT2D eigenvalue weighted by molar-refractivity contribution is -1.02. The van der Waals surface area contributed by atoms with Gasteiger partial charge in [-0.25, -0.2) is 0 Å². The normalized spacial score (nSPS) is 19.7. The van der Waals surface area contributed by atoms with E-state index in [0.29, 0.717) is 12.7 Å². The minimum absolute atomic E-state index is 0.246. The van der Waals surface area contributed by atoms with Gasteiger partial charge < -0.3 is 30.3 Å². The summed E-state index contributed by atoms with van der Waals surface area (Å²) in [6.45, 7) is 8.43. The van der Waals surface area contributed by atoms with E-state index in [1.165, 1.54) is 16.0 Å². The number of ether oxygens (including phenoxy) is 2. The lowest BCUT2D eigenvalue weighted by atomic mass is 10.1. The molecule has 0 spiro atoms. The largest absolute Gasteiger partial charge is 0.454 e. The van der Waals surface area contributed by atoms with Crippen LogP contribution in [0.2, 0.25) is 0 Å². The minimum Gasteiger partial charge on any atom is -0.454 e. The number of hydrogen-bond donors (Lipinski definition) is 4. The number of nitrogen functional groups attached to an aromatic ring is 1. The fourth-order valence-corrected chi connectivity index (χ4v) is 4.21. The molecule has 9 heteroatoms. The van der Waals surface area contributed by atoms with Gasteiger partial charge in [0, 0.05) is 11.3 Å². The average molecular weight is 436 g/mol. The molecule has 2 aliphatic heterocycles. The predicted molar refractivity (Wildman–Crippen MR) is 120 cm³/mol. The predicted octanol–water partition coefficient (Wildman–Crippen LogP) is -0.282. The van der Waals surface area contributed by atoms with Crippen LogP contribution in [0.3, 0.4) is 0 Å². The first-order valence-corrected chi connectivity index (χ1v) is 11.0. The van der Waals surface area contributed by atoms with Crippen LogP contribution in [0, 0.1) is 6.92 Å². The van der Waals surface area contributed by atoms with Gasteiger partial charge in [0.05, 0.1) is 0 Å². The van der Waals surface area contributed by atoms with E-state index in [-0.39, 0.29) is 5.95 Å². The highest BCUT2D eigenvalue weighted by molar-refractivity contribution is 5.54. The molecule has 32 heavy (non-hydrogen) atoms. The number of rotatable bonds is 6. The molecular weight excluding hydrogens is 406 g/mol. The Morgan fingerprint density at radius 1 is 0.875 bits per heavy atom. The summed E-state index contributed by atoms with van der Waals surface area (Å²) in [6, 6.07) is 14.3. The topological polar surface area (TPSA) is 104 Å². The summed E-state index contributed by atoms with van der Waals surface area (Å²) in [5, 5.41) is 3.23. The van der Waals surface area contributed by atoms with E-state index in [1.54, 1.807) is 4.90 Å².